The maximum atomic E-state index is 10.9. The molecular formula is C13H15N3O2S. The van der Waals surface area contributed by atoms with Crippen LogP contribution in [0.4, 0.5) is 5.69 Å². The molecule has 100 valence electrons. The number of nitrogens with zero attached hydrogens (tertiary/aromatic N) is 2. The van der Waals surface area contributed by atoms with Crippen molar-refractivity contribution in [2.75, 3.05) is 0 Å². The van der Waals surface area contributed by atoms with Crippen LogP contribution in [0.1, 0.15) is 29.1 Å². The number of thiazole rings is 1. The van der Waals surface area contributed by atoms with Gasteiger partial charge in [-0.2, -0.15) is 0 Å². The average Bonchev–Trinajstić information content (AvgIpc) is 2.90. The third kappa shape index (κ3) is 3.15. The van der Waals surface area contributed by atoms with Crippen molar-refractivity contribution in [3.05, 3.63) is 56.0 Å². The summed E-state index contributed by atoms with van der Waals surface area (Å²) >= 11 is 1.60. The molecule has 0 amide bonds. The summed E-state index contributed by atoms with van der Waals surface area (Å²) in [6.07, 6.45) is 1.77. The van der Waals surface area contributed by atoms with Gasteiger partial charge in [-0.3, -0.25) is 10.1 Å². The summed E-state index contributed by atoms with van der Waals surface area (Å²) in [6, 6.07) is 5.29. The van der Waals surface area contributed by atoms with Crippen molar-refractivity contribution in [1.82, 2.24) is 10.3 Å². The first-order valence-electron chi connectivity index (χ1n) is 5.95. The predicted octanol–water partition coefficient (Wildman–Crippen LogP) is 3.21. The van der Waals surface area contributed by atoms with Gasteiger partial charge in [-0.1, -0.05) is 12.1 Å². The summed E-state index contributed by atoms with van der Waals surface area (Å²) in [6.45, 7) is 4.41. The van der Waals surface area contributed by atoms with E-state index in [0.29, 0.717) is 12.1 Å². The number of aromatic nitrogens is 1. The highest BCUT2D eigenvalue weighted by atomic mass is 32.1. The zero-order valence-electron chi connectivity index (χ0n) is 10.8. The van der Waals surface area contributed by atoms with Gasteiger partial charge in [-0.25, -0.2) is 4.98 Å². The fourth-order valence-corrected chi connectivity index (χ4v) is 2.53. The number of rotatable bonds is 5. The van der Waals surface area contributed by atoms with Crippen LogP contribution in [0.25, 0.3) is 0 Å². The molecule has 1 atom stereocenters. The molecule has 19 heavy (non-hydrogen) atoms. The largest absolute Gasteiger partial charge is 0.304 e. The van der Waals surface area contributed by atoms with Crippen molar-refractivity contribution in [3.63, 3.8) is 0 Å². The van der Waals surface area contributed by atoms with Crippen LogP contribution in [0, 0.1) is 17.0 Å². The van der Waals surface area contributed by atoms with Crippen LogP contribution in [0.5, 0.6) is 0 Å². The van der Waals surface area contributed by atoms with Crippen molar-refractivity contribution < 1.29 is 4.92 Å². The van der Waals surface area contributed by atoms with E-state index in [4.69, 9.17) is 0 Å². The standard InChI is InChI=1S/C13H15N3O2S/c1-9-11(4-3-5-12(9)16(17)18)8-15-10(2)13-14-6-7-19-13/h3-7,10,15H,8H2,1-2H3. The molecule has 0 spiro atoms. The second-order valence-electron chi connectivity index (χ2n) is 4.29. The van der Waals surface area contributed by atoms with Crippen molar-refractivity contribution in [2.45, 2.75) is 26.4 Å². The summed E-state index contributed by atoms with van der Waals surface area (Å²) in [5, 5.41) is 17.2. The van der Waals surface area contributed by atoms with Crippen LogP contribution in [0.2, 0.25) is 0 Å². The number of nitrogens with one attached hydrogen (secondary N) is 1. The molecule has 0 aliphatic heterocycles. The van der Waals surface area contributed by atoms with Gasteiger partial charge in [0.2, 0.25) is 0 Å². The number of benzene rings is 1. The predicted molar refractivity (Wildman–Crippen MR) is 75.2 cm³/mol. The molecule has 2 aromatic rings. The molecule has 6 heteroatoms. The number of hydrogen-bond acceptors (Lipinski definition) is 5. The summed E-state index contributed by atoms with van der Waals surface area (Å²) < 4.78 is 0. The smallest absolute Gasteiger partial charge is 0.272 e. The molecule has 0 fully saturated rings. The van der Waals surface area contributed by atoms with E-state index in [1.807, 2.05) is 18.4 Å². The monoisotopic (exact) mass is 277 g/mol. The molecule has 0 aliphatic rings. The summed E-state index contributed by atoms with van der Waals surface area (Å²) in [7, 11) is 0. The van der Waals surface area contributed by atoms with Gasteiger partial charge in [0.15, 0.2) is 0 Å². The Morgan fingerprint density at radius 3 is 2.95 bits per heavy atom. The fraction of sp³-hybridized carbons (Fsp3) is 0.308. The molecule has 0 saturated carbocycles. The minimum atomic E-state index is -0.344. The first kappa shape index (κ1) is 13.6. The molecular weight excluding hydrogens is 262 g/mol. The molecule has 1 aromatic heterocycles. The third-order valence-corrected chi connectivity index (χ3v) is 3.99. The lowest BCUT2D eigenvalue weighted by atomic mass is 10.1. The summed E-state index contributed by atoms with van der Waals surface area (Å²) in [5.41, 5.74) is 1.82. The van der Waals surface area contributed by atoms with E-state index in [1.165, 1.54) is 6.07 Å². The van der Waals surface area contributed by atoms with Gasteiger partial charge in [0.1, 0.15) is 5.01 Å². The van der Waals surface area contributed by atoms with Crippen molar-refractivity contribution >= 4 is 17.0 Å². The second-order valence-corrected chi connectivity index (χ2v) is 5.22. The Balaban J connectivity index is 2.08. The van der Waals surface area contributed by atoms with E-state index in [9.17, 15) is 10.1 Å². The Morgan fingerprint density at radius 2 is 2.32 bits per heavy atom. The Morgan fingerprint density at radius 1 is 1.53 bits per heavy atom. The lowest BCUT2D eigenvalue weighted by Gasteiger charge is -2.12. The molecule has 0 radical (unpaired) electrons. The Labute approximate surface area is 115 Å². The summed E-state index contributed by atoms with van der Waals surface area (Å²) in [4.78, 5) is 14.8. The molecule has 1 unspecified atom stereocenters. The van der Waals surface area contributed by atoms with Crippen LogP contribution >= 0.6 is 11.3 Å². The highest BCUT2D eigenvalue weighted by Crippen LogP contribution is 2.22. The maximum Gasteiger partial charge on any atom is 0.272 e. The molecule has 1 aromatic carbocycles. The lowest BCUT2D eigenvalue weighted by molar-refractivity contribution is -0.385. The third-order valence-electron chi connectivity index (χ3n) is 3.03. The SMILES string of the molecule is Cc1c(CNC(C)c2nccs2)cccc1[N+](=O)[O-]. The first-order chi connectivity index (χ1) is 9.09. The van der Waals surface area contributed by atoms with E-state index in [-0.39, 0.29) is 16.7 Å². The van der Waals surface area contributed by atoms with E-state index < -0.39 is 0 Å². The van der Waals surface area contributed by atoms with Crippen LogP contribution in [0.15, 0.2) is 29.8 Å². The minimum absolute atomic E-state index is 0.138. The molecule has 1 N–H and O–H groups in total. The van der Waals surface area contributed by atoms with Gasteiger partial charge >= 0.3 is 0 Å². The molecule has 0 bridgehead atoms. The van der Waals surface area contributed by atoms with Gasteiger partial charge in [0.25, 0.3) is 5.69 Å². The topological polar surface area (TPSA) is 68.1 Å². The molecule has 5 nitrogen and oxygen atoms in total. The lowest BCUT2D eigenvalue weighted by Crippen LogP contribution is -2.18. The van der Waals surface area contributed by atoms with Gasteiger partial charge in [0.05, 0.1) is 11.0 Å². The molecule has 0 aliphatic carbocycles. The van der Waals surface area contributed by atoms with Crippen molar-refractivity contribution in [3.8, 4) is 0 Å². The van der Waals surface area contributed by atoms with E-state index >= 15 is 0 Å². The van der Waals surface area contributed by atoms with Crippen molar-refractivity contribution in [2.24, 2.45) is 0 Å². The normalized spacial score (nSPS) is 12.3. The zero-order valence-corrected chi connectivity index (χ0v) is 11.6. The average molecular weight is 277 g/mol. The molecule has 0 saturated heterocycles. The van der Waals surface area contributed by atoms with E-state index in [0.717, 1.165) is 10.6 Å². The molecule has 2 rings (SSSR count). The van der Waals surface area contributed by atoms with E-state index in [2.05, 4.69) is 10.3 Å². The van der Waals surface area contributed by atoms with Gasteiger partial charge in [-0.05, 0) is 19.4 Å². The Hall–Kier alpha value is -1.79. The quantitative estimate of drug-likeness (QED) is 0.673. The van der Waals surface area contributed by atoms with Crippen molar-refractivity contribution in [1.29, 1.82) is 0 Å². The van der Waals surface area contributed by atoms with Crippen LogP contribution in [-0.4, -0.2) is 9.91 Å². The first-order valence-corrected chi connectivity index (χ1v) is 6.83. The van der Waals surface area contributed by atoms with E-state index in [1.54, 1.807) is 30.5 Å². The van der Waals surface area contributed by atoms with Gasteiger partial charge < -0.3 is 5.32 Å². The zero-order chi connectivity index (χ0) is 13.8. The number of hydrogen-bond donors (Lipinski definition) is 1. The Kier molecular flexibility index (Phi) is 4.24. The second kappa shape index (κ2) is 5.90. The Bertz CT molecular complexity index is 569. The number of nitro groups is 1. The highest BCUT2D eigenvalue weighted by molar-refractivity contribution is 7.09. The molecule has 1 heterocycles. The minimum Gasteiger partial charge on any atom is -0.304 e. The van der Waals surface area contributed by atoms with Crippen LogP contribution in [0.3, 0.4) is 0 Å². The maximum absolute atomic E-state index is 10.9. The highest BCUT2D eigenvalue weighted by Gasteiger charge is 2.14. The summed E-state index contributed by atoms with van der Waals surface area (Å²) in [5.74, 6) is 0. The van der Waals surface area contributed by atoms with Gasteiger partial charge in [0, 0.05) is 29.8 Å². The number of nitro benzene ring substituents is 1. The fourth-order valence-electron chi connectivity index (χ4n) is 1.86. The van der Waals surface area contributed by atoms with Gasteiger partial charge in [-0.15, -0.1) is 11.3 Å². The van der Waals surface area contributed by atoms with Crippen LogP contribution in [-0.2, 0) is 6.54 Å². The van der Waals surface area contributed by atoms with Crippen LogP contribution < -0.4 is 5.32 Å².